The largest absolute Gasteiger partial charge is 0.497 e. The van der Waals surface area contributed by atoms with Crippen molar-refractivity contribution in [3.63, 3.8) is 0 Å². The summed E-state index contributed by atoms with van der Waals surface area (Å²) >= 11 is 0. The Hall–Kier alpha value is -1.56. The first-order chi connectivity index (χ1) is 13.2. The molecular formula is C21H35N3O2S. The Balaban J connectivity index is 1.83. The molecule has 0 saturated heterocycles. The van der Waals surface area contributed by atoms with Gasteiger partial charge in [-0.25, -0.2) is 0 Å². The lowest BCUT2D eigenvalue weighted by Crippen LogP contribution is -2.46. The molecule has 0 radical (unpaired) electrons. The summed E-state index contributed by atoms with van der Waals surface area (Å²) in [5.74, 6) is 2.55. The van der Waals surface area contributed by atoms with Gasteiger partial charge < -0.3 is 15.4 Å². The second-order valence-corrected chi connectivity index (χ2v) is 9.02. The molecule has 5 nitrogen and oxygen atoms in total. The standard InChI is InChI=1S/C21H35N3O2S/c1-4-22-21(24-18-11-7-13-20(16-18)27(25)5-2)23-14-8-10-17-9-6-12-19(15-17)26-3/h6,9,12,15,18,20H,4-5,7-8,10-11,13-14,16H2,1-3H3,(H2,22,23,24). The number of ether oxygens (including phenoxy) is 1. The number of benzene rings is 1. The molecule has 152 valence electrons. The lowest BCUT2D eigenvalue weighted by atomic mass is 9.95. The Kier molecular flexibility index (Phi) is 9.67. The second kappa shape index (κ2) is 12.0. The summed E-state index contributed by atoms with van der Waals surface area (Å²) in [5.41, 5.74) is 1.28. The highest BCUT2D eigenvalue weighted by atomic mass is 32.2. The van der Waals surface area contributed by atoms with Crippen LogP contribution in [0.4, 0.5) is 0 Å². The van der Waals surface area contributed by atoms with Gasteiger partial charge in [-0.05, 0) is 56.7 Å². The van der Waals surface area contributed by atoms with Gasteiger partial charge in [0.25, 0.3) is 0 Å². The normalized spacial score (nSPS) is 21.5. The number of hydrogen-bond donors (Lipinski definition) is 2. The van der Waals surface area contributed by atoms with Gasteiger partial charge in [0.05, 0.1) is 7.11 Å². The van der Waals surface area contributed by atoms with Gasteiger partial charge in [0.1, 0.15) is 5.75 Å². The van der Waals surface area contributed by atoms with Crippen molar-refractivity contribution in [3.8, 4) is 5.75 Å². The number of nitrogens with zero attached hydrogens (tertiary/aromatic N) is 1. The molecule has 2 rings (SSSR count). The van der Waals surface area contributed by atoms with E-state index in [2.05, 4.69) is 29.7 Å². The summed E-state index contributed by atoms with van der Waals surface area (Å²) in [6, 6.07) is 8.59. The average molecular weight is 394 g/mol. The van der Waals surface area contributed by atoms with Crippen LogP contribution in [0, 0.1) is 0 Å². The minimum absolute atomic E-state index is 0.331. The molecule has 0 spiro atoms. The summed E-state index contributed by atoms with van der Waals surface area (Å²) in [5, 5.41) is 7.25. The van der Waals surface area contributed by atoms with Crippen LogP contribution in [0.15, 0.2) is 29.3 Å². The maximum absolute atomic E-state index is 12.1. The molecule has 1 saturated carbocycles. The number of aryl methyl sites for hydroxylation is 1. The zero-order valence-electron chi connectivity index (χ0n) is 17.0. The van der Waals surface area contributed by atoms with Crippen molar-refractivity contribution >= 4 is 16.8 Å². The smallest absolute Gasteiger partial charge is 0.191 e. The summed E-state index contributed by atoms with van der Waals surface area (Å²) in [4.78, 5) is 4.74. The highest BCUT2D eigenvalue weighted by Gasteiger charge is 2.25. The zero-order chi connectivity index (χ0) is 19.5. The molecule has 1 aliphatic rings. The number of methoxy groups -OCH3 is 1. The first-order valence-corrected chi connectivity index (χ1v) is 11.6. The zero-order valence-corrected chi connectivity index (χ0v) is 17.8. The van der Waals surface area contributed by atoms with Crippen molar-refractivity contribution in [2.45, 2.75) is 63.7 Å². The van der Waals surface area contributed by atoms with E-state index in [9.17, 15) is 4.21 Å². The molecule has 0 aromatic heterocycles. The van der Waals surface area contributed by atoms with Gasteiger partial charge in [0.15, 0.2) is 5.96 Å². The first kappa shape index (κ1) is 21.7. The third-order valence-corrected chi connectivity index (χ3v) is 6.74. The SMILES string of the molecule is CCNC(=NCCCc1cccc(OC)c1)NC1CCCC(S(=O)CC)C1. The van der Waals surface area contributed by atoms with E-state index in [4.69, 9.17) is 9.73 Å². The highest BCUT2D eigenvalue weighted by molar-refractivity contribution is 7.85. The van der Waals surface area contributed by atoms with Gasteiger partial charge >= 0.3 is 0 Å². The lowest BCUT2D eigenvalue weighted by molar-refractivity contribution is 0.413. The summed E-state index contributed by atoms with van der Waals surface area (Å²) < 4.78 is 17.4. The monoisotopic (exact) mass is 393 g/mol. The van der Waals surface area contributed by atoms with Gasteiger partial charge in [-0.3, -0.25) is 9.20 Å². The van der Waals surface area contributed by atoms with Gasteiger partial charge in [0, 0.05) is 40.9 Å². The van der Waals surface area contributed by atoms with E-state index < -0.39 is 10.8 Å². The topological polar surface area (TPSA) is 62.7 Å². The minimum atomic E-state index is -0.694. The number of hydrogen-bond acceptors (Lipinski definition) is 3. The van der Waals surface area contributed by atoms with Crippen molar-refractivity contribution in [1.82, 2.24) is 10.6 Å². The molecule has 1 aliphatic carbocycles. The predicted octanol–water partition coefficient (Wildman–Crippen LogP) is 3.26. The Morgan fingerprint density at radius 3 is 2.93 bits per heavy atom. The third kappa shape index (κ3) is 7.53. The van der Waals surface area contributed by atoms with E-state index >= 15 is 0 Å². The van der Waals surface area contributed by atoms with Crippen LogP contribution in [0.25, 0.3) is 0 Å². The minimum Gasteiger partial charge on any atom is -0.497 e. The van der Waals surface area contributed by atoms with Crippen molar-refractivity contribution in [2.75, 3.05) is 26.0 Å². The van der Waals surface area contributed by atoms with Gasteiger partial charge in [0.2, 0.25) is 0 Å². The van der Waals surface area contributed by atoms with Gasteiger partial charge in [-0.15, -0.1) is 0 Å². The molecular weight excluding hydrogens is 358 g/mol. The number of guanidine groups is 1. The molecule has 3 atom stereocenters. The second-order valence-electron chi connectivity index (χ2n) is 7.02. The van der Waals surface area contributed by atoms with Crippen molar-refractivity contribution < 1.29 is 8.95 Å². The van der Waals surface area contributed by atoms with E-state index in [-0.39, 0.29) is 0 Å². The van der Waals surface area contributed by atoms with E-state index in [1.165, 1.54) is 5.56 Å². The van der Waals surface area contributed by atoms with Crippen molar-refractivity contribution in [2.24, 2.45) is 4.99 Å². The molecule has 2 N–H and O–H groups in total. The molecule has 27 heavy (non-hydrogen) atoms. The Morgan fingerprint density at radius 1 is 1.33 bits per heavy atom. The fraction of sp³-hybridized carbons (Fsp3) is 0.667. The molecule has 0 heterocycles. The Labute approximate surface area is 166 Å². The van der Waals surface area contributed by atoms with Crippen LogP contribution in [0.2, 0.25) is 0 Å². The quantitative estimate of drug-likeness (QED) is 0.384. The van der Waals surface area contributed by atoms with Crippen LogP contribution in [0.5, 0.6) is 5.75 Å². The molecule has 1 aromatic carbocycles. The summed E-state index contributed by atoms with van der Waals surface area (Å²) in [6.45, 7) is 5.73. The third-order valence-electron chi connectivity index (χ3n) is 5.00. The van der Waals surface area contributed by atoms with E-state index in [0.717, 1.165) is 69.1 Å². The van der Waals surface area contributed by atoms with Crippen LogP contribution in [-0.2, 0) is 17.2 Å². The van der Waals surface area contributed by atoms with E-state index in [1.807, 2.05) is 19.1 Å². The van der Waals surface area contributed by atoms with E-state index in [0.29, 0.717) is 11.3 Å². The predicted molar refractivity (Wildman–Crippen MR) is 115 cm³/mol. The van der Waals surface area contributed by atoms with Crippen LogP contribution in [0.1, 0.15) is 51.5 Å². The van der Waals surface area contributed by atoms with Crippen LogP contribution in [-0.4, -0.2) is 47.4 Å². The fourth-order valence-electron chi connectivity index (χ4n) is 3.57. The maximum atomic E-state index is 12.1. The molecule has 3 unspecified atom stereocenters. The van der Waals surface area contributed by atoms with E-state index in [1.54, 1.807) is 7.11 Å². The number of nitrogens with one attached hydrogen (secondary N) is 2. The lowest BCUT2D eigenvalue weighted by Gasteiger charge is -2.30. The molecule has 6 heteroatoms. The average Bonchev–Trinajstić information content (AvgIpc) is 2.71. The maximum Gasteiger partial charge on any atom is 0.191 e. The summed E-state index contributed by atoms with van der Waals surface area (Å²) in [6.07, 6.45) is 6.33. The number of aliphatic imine (C=N–C) groups is 1. The molecule has 1 aromatic rings. The fourth-order valence-corrected chi connectivity index (χ4v) is 4.91. The van der Waals surface area contributed by atoms with Crippen LogP contribution < -0.4 is 15.4 Å². The van der Waals surface area contributed by atoms with Crippen molar-refractivity contribution in [1.29, 1.82) is 0 Å². The van der Waals surface area contributed by atoms with Gasteiger partial charge in [-0.1, -0.05) is 25.5 Å². The Bertz CT molecular complexity index is 621. The molecule has 0 amide bonds. The molecule has 1 fully saturated rings. The van der Waals surface area contributed by atoms with Crippen molar-refractivity contribution in [3.05, 3.63) is 29.8 Å². The van der Waals surface area contributed by atoms with Gasteiger partial charge in [-0.2, -0.15) is 0 Å². The molecule has 0 bridgehead atoms. The van der Waals surface area contributed by atoms with Crippen LogP contribution in [0.3, 0.4) is 0 Å². The highest BCUT2D eigenvalue weighted by Crippen LogP contribution is 2.23. The first-order valence-electron chi connectivity index (χ1n) is 10.2. The van der Waals surface area contributed by atoms with Crippen LogP contribution >= 0.6 is 0 Å². The number of rotatable bonds is 9. The molecule has 0 aliphatic heterocycles. The Morgan fingerprint density at radius 2 is 2.19 bits per heavy atom. The summed E-state index contributed by atoms with van der Waals surface area (Å²) in [7, 11) is 1.00.